The highest BCUT2D eigenvalue weighted by Crippen LogP contribution is 2.16. The molecule has 0 aromatic carbocycles. The molecule has 0 saturated carbocycles. The Kier molecular flexibility index (Phi) is 8.44. The molecule has 124 valence electrons. The van der Waals surface area contributed by atoms with Crippen LogP contribution in [0.25, 0.3) is 0 Å². The topological polar surface area (TPSA) is 58.6 Å². The van der Waals surface area contributed by atoms with E-state index in [1.165, 1.54) is 0 Å². The summed E-state index contributed by atoms with van der Waals surface area (Å²) in [6.45, 7) is 9.86. The highest BCUT2D eigenvalue weighted by Gasteiger charge is 2.33. The zero-order valence-corrected chi connectivity index (χ0v) is 14.5. The first-order valence-electron chi connectivity index (χ1n) is 8.01. The number of hydrogen-bond acceptors (Lipinski definition) is 5. The summed E-state index contributed by atoms with van der Waals surface area (Å²) in [6.07, 6.45) is 2.84. The van der Waals surface area contributed by atoms with E-state index < -0.39 is 16.3 Å². The lowest BCUT2D eigenvalue weighted by molar-refractivity contribution is -0.150. The average Bonchev–Trinajstić information content (AvgIpc) is 2.46. The van der Waals surface area contributed by atoms with Crippen molar-refractivity contribution < 1.29 is 13.7 Å². The Morgan fingerprint density at radius 2 is 1.95 bits per heavy atom. The predicted molar refractivity (Wildman–Crippen MR) is 86.9 cm³/mol. The Balaban J connectivity index is 2.29. The number of hydrogen-bond donors (Lipinski definition) is 1. The summed E-state index contributed by atoms with van der Waals surface area (Å²) in [7, 11) is -0.606. The normalized spacial score (nSPS) is 20.1. The minimum Gasteiger partial charge on any atom is -0.465 e. The lowest BCUT2D eigenvalue weighted by Crippen LogP contribution is -2.50. The number of ether oxygens (including phenoxy) is 1. The fourth-order valence-electron chi connectivity index (χ4n) is 2.66. The van der Waals surface area contributed by atoms with Gasteiger partial charge in [0.15, 0.2) is 0 Å². The fourth-order valence-corrected chi connectivity index (χ4v) is 3.78. The Bertz CT molecular complexity index is 342. The zero-order valence-electron chi connectivity index (χ0n) is 13.7. The van der Waals surface area contributed by atoms with Crippen molar-refractivity contribution in [3.05, 3.63) is 0 Å². The Morgan fingerprint density at radius 3 is 2.52 bits per heavy atom. The van der Waals surface area contributed by atoms with E-state index in [2.05, 4.69) is 10.2 Å². The molecular formula is C15H30N2O3S. The largest absolute Gasteiger partial charge is 0.465 e. The molecule has 1 rings (SSSR count). The van der Waals surface area contributed by atoms with E-state index in [-0.39, 0.29) is 5.97 Å². The summed E-state index contributed by atoms with van der Waals surface area (Å²) in [6, 6.07) is 0. The van der Waals surface area contributed by atoms with Crippen LogP contribution in [0.4, 0.5) is 0 Å². The third-order valence-corrected chi connectivity index (χ3v) is 5.24. The first kappa shape index (κ1) is 18.6. The molecule has 1 N–H and O–H groups in total. The average molecular weight is 318 g/mol. The molecule has 1 aliphatic rings. The van der Waals surface area contributed by atoms with Gasteiger partial charge >= 0.3 is 5.97 Å². The molecule has 1 atom stereocenters. The number of esters is 1. The molecule has 1 aliphatic heterocycles. The fraction of sp³-hybridized carbons (Fsp3) is 0.933. The van der Waals surface area contributed by atoms with Crippen LogP contribution in [0.15, 0.2) is 0 Å². The summed E-state index contributed by atoms with van der Waals surface area (Å²) in [4.78, 5) is 14.4. The van der Waals surface area contributed by atoms with Crippen LogP contribution in [0.2, 0.25) is 0 Å². The van der Waals surface area contributed by atoms with E-state index in [0.29, 0.717) is 6.61 Å². The maximum absolute atomic E-state index is 12.1. The van der Waals surface area contributed by atoms with Crippen molar-refractivity contribution in [3.63, 3.8) is 0 Å². The maximum atomic E-state index is 12.1. The highest BCUT2D eigenvalue weighted by atomic mass is 32.2. The van der Waals surface area contributed by atoms with Crippen molar-refractivity contribution in [2.45, 2.75) is 45.6 Å². The van der Waals surface area contributed by atoms with Gasteiger partial charge in [-0.05, 0) is 46.2 Å². The first-order chi connectivity index (χ1) is 10.0. The molecule has 0 amide bonds. The van der Waals surface area contributed by atoms with Crippen LogP contribution in [-0.4, -0.2) is 64.9 Å². The molecule has 5 nitrogen and oxygen atoms in total. The van der Waals surface area contributed by atoms with Crippen molar-refractivity contribution in [2.75, 3.05) is 44.3 Å². The van der Waals surface area contributed by atoms with Gasteiger partial charge in [0.1, 0.15) is 5.54 Å². The number of nitrogens with one attached hydrogen (secondary N) is 1. The van der Waals surface area contributed by atoms with E-state index in [9.17, 15) is 9.00 Å². The molecule has 0 spiro atoms. The van der Waals surface area contributed by atoms with Gasteiger partial charge in [0.25, 0.3) is 0 Å². The number of nitrogens with zero attached hydrogens (tertiary/aromatic N) is 1. The zero-order chi connectivity index (χ0) is 15.7. The number of rotatable bonds is 9. The maximum Gasteiger partial charge on any atom is 0.326 e. The number of carbonyl (C=O) groups is 1. The standard InChI is InChI=1S/C15H30N2O3S/c1-4-16-15(3,14(18)20-5-2)8-6-7-9-17-10-12-21(19)13-11-17/h16H,4-13H2,1-3H3. The van der Waals surface area contributed by atoms with Crippen molar-refractivity contribution in [3.8, 4) is 0 Å². The second kappa shape index (κ2) is 9.54. The van der Waals surface area contributed by atoms with Gasteiger partial charge in [-0.15, -0.1) is 0 Å². The number of carbonyl (C=O) groups excluding carboxylic acids is 1. The number of likely N-dealkylation sites (N-methyl/N-ethyl adjacent to an activating group) is 1. The minimum atomic E-state index is -0.606. The monoisotopic (exact) mass is 318 g/mol. The Hall–Kier alpha value is -0.460. The summed E-state index contributed by atoms with van der Waals surface area (Å²) >= 11 is 0. The summed E-state index contributed by atoms with van der Waals surface area (Å²) in [5.74, 6) is 1.45. The number of unbranched alkanes of at least 4 members (excludes halogenated alkanes) is 1. The molecule has 1 heterocycles. The van der Waals surface area contributed by atoms with Crippen LogP contribution in [0, 0.1) is 0 Å². The molecule has 0 aromatic heterocycles. The molecule has 6 heteroatoms. The summed E-state index contributed by atoms with van der Waals surface area (Å²) in [5.41, 5.74) is -0.575. The molecule has 0 aromatic rings. The second-order valence-corrected chi connectivity index (χ2v) is 7.43. The Labute approximate surface area is 131 Å². The van der Waals surface area contributed by atoms with Crippen molar-refractivity contribution in [2.24, 2.45) is 0 Å². The molecular weight excluding hydrogens is 288 g/mol. The van der Waals surface area contributed by atoms with E-state index in [1.54, 1.807) is 0 Å². The van der Waals surface area contributed by atoms with E-state index in [0.717, 1.165) is 56.9 Å². The van der Waals surface area contributed by atoms with Crippen LogP contribution in [-0.2, 0) is 20.3 Å². The van der Waals surface area contributed by atoms with Crippen molar-refractivity contribution in [1.82, 2.24) is 10.2 Å². The van der Waals surface area contributed by atoms with Crippen molar-refractivity contribution in [1.29, 1.82) is 0 Å². The second-order valence-electron chi connectivity index (χ2n) is 5.73. The van der Waals surface area contributed by atoms with E-state index in [1.807, 2.05) is 20.8 Å². The lowest BCUT2D eigenvalue weighted by Gasteiger charge is -2.29. The van der Waals surface area contributed by atoms with Crippen LogP contribution in [0.5, 0.6) is 0 Å². The first-order valence-corrected chi connectivity index (χ1v) is 9.50. The molecule has 1 fully saturated rings. The van der Waals surface area contributed by atoms with Gasteiger partial charge < -0.3 is 15.0 Å². The molecule has 21 heavy (non-hydrogen) atoms. The van der Waals surface area contributed by atoms with Gasteiger partial charge in [0.2, 0.25) is 0 Å². The van der Waals surface area contributed by atoms with Crippen LogP contribution < -0.4 is 5.32 Å². The van der Waals surface area contributed by atoms with Gasteiger partial charge in [-0.2, -0.15) is 0 Å². The third kappa shape index (κ3) is 6.45. The molecule has 1 unspecified atom stereocenters. The van der Waals surface area contributed by atoms with Gasteiger partial charge in [0, 0.05) is 35.4 Å². The van der Waals surface area contributed by atoms with Gasteiger partial charge in [-0.3, -0.25) is 9.00 Å². The van der Waals surface area contributed by atoms with Crippen LogP contribution >= 0.6 is 0 Å². The van der Waals surface area contributed by atoms with Gasteiger partial charge in [-0.25, -0.2) is 0 Å². The van der Waals surface area contributed by atoms with Crippen molar-refractivity contribution >= 4 is 16.8 Å². The molecule has 0 bridgehead atoms. The summed E-state index contributed by atoms with van der Waals surface area (Å²) < 4.78 is 16.5. The molecule has 0 radical (unpaired) electrons. The van der Waals surface area contributed by atoms with Gasteiger partial charge in [0.05, 0.1) is 6.61 Å². The van der Waals surface area contributed by atoms with Gasteiger partial charge in [-0.1, -0.05) is 6.92 Å². The molecule has 0 aliphatic carbocycles. The van der Waals surface area contributed by atoms with Crippen LogP contribution in [0.3, 0.4) is 0 Å². The Morgan fingerprint density at radius 1 is 1.29 bits per heavy atom. The minimum absolute atomic E-state index is 0.153. The summed E-state index contributed by atoms with van der Waals surface area (Å²) in [5, 5.41) is 3.26. The lowest BCUT2D eigenvalue weighted by atomic mass is 9.94. The highest BCUT2D eigenvalue weighted by molar-refractivity contribution is 7.85. The van der Waals surface area contributed by atoms with E-state index >= 15 is 0 Å². The predicted octanol–water partition coefficient (Wildman–Crippen LogP) is 1.15. The SMILES string of the molecule is CCNC(C)(CCCCN1CCS(=O)CC1)C(=O)OCC. The quantitative estimate of drug-likeness (QED) is 0.510. The third-order valence-electron chi connectivity index (χ3n) is 3.96. The molecule has 1 saturated heterocycles. The smallest absolute Gasteiger partial charge is 0.326 e. The van der Waals surface area contributed by atoms with E-state index in [4.69, 9.17) is 4.74 Å². The van der Waals surface area contributed by atoms with Crippen LogP contribution in [0.1, 0.15) is 40.0 Å².